The van der Waals surface area contributed by atoms with Gasteiger partial charge < -0.3 is 4.42 Å². The molecule has 1 unspecified atom stereocenters. The molecule has 3 aromatic rings. The Bertz CT molecular complexity index is 686. The van der Waals surface area contributed by atoms with Crippen molar-refractivity contribution < 1.29 is 4.42 Å². The topological polar surface area (TPSA) is 43.0 Å². The van der Waals surface area contributed by atoms with Gasteiger partial charge in [-0.3, -0.25) is 10.00 Å². The summed E-state index contributed by atoms with van der Waals surface area (Å²) in [4.78, 5) is 0. The number of hydrogen-bond donors (Lipinski definition) is 1. The minimum atomic E-state index is 0.0424. The lowest BCUT2D eigenvalue weighted by Crippen LogP contribution is -2.21. The van der Waals surface area contributed by atoms with Gasteiger partial charge in [0.15, 0.2) is 0 Å². The van der Waals surface area contributed by atoms with E-state index in [1.165, 1.54) is 16.8 Å². The van der Waals surface area contributed by atoms with Crippen LogP contribution in [0.2, 0.25) is 0 Å². The van der Waals surface area contributed by atoms with Gasteiger partial charge in [-0.05, 0) is 24.6 Å². The molecule has 1 N–H and O–H groups in total. The predicted octanol–water partition coefficient (Wildman–Crippen LogP) is 3.20. The van der Waals surface area contributed by atoms with Gasteiger partial charge >= 0.3 is 0 Å². The fourth-order valence-corrected chi connectivity index (χ4v) is 2.41. The normalized spacial score (nSPS) is 12.5. The third kappa shape index (κ3) is 2.90. The second-order valence-electron chi connectivity index (χ2n) is 5.12. The Morgan fingerprint density at radius 3 is 2.62 bits per heavy atom. The van der Waals surface area contributed by atoms with Crippen molar-refractivity contribution in [2.45, 2.75) is 19.5 Å². The van der Waals surface area contributed by atoms with Gasteiger partial charge in [-0.1, -0.05) is 30.3 Å². The van der Waals surface area contributed by atoms with E-state index in [0.29, 0.717) is 0 Å². The number of benzene rings is 1. The van der Waals surface area contributed by atoms with E-state index in [9.17, 15) is 0 Å². The van der Waals surface area contributed by atoms with E-state index in [1.807, 2.05) is 48.3 Å². The molecule has 1 aromatic carbocycles. The van der Waals surface area contributed by atoms with Crippen LogP contribution in [0.4, 0.5) is 0 Å². The van der Waals surface area contributed by atoms with Gasteiger partial charge in [0.2, 0.25) is 0 Å². The van der Waals surface area contributed by atoms with E-state index in [0.717, 1.165) is 12.3 Å². The molecule has 0 saturated carbocycles. The van der Waals surface area contributed by atoms with Crippen molar-refractivity contribution >= 4 is 0 Å². The summed E-state index contributed by atoms with van der Waals surface area (Å²) in [5.41, 5.74) is 3.56. The number of aromatic nitrogens is 2. The first kappa shape index (κ1) is 13.6. The molecule has 4 heteroatoms. The summed E-state index contributed by atoms with van der Waals surface area (Å²) in [7, 11) is 1.96. The Morgan fingerprint density at radius 1 is 1.19 bits per heavy atom. The summed E-state index contributed by atoms with van der Waals surface area (Å²) in [6, 6.07) is 14.3. The van der Waals surface area contributed by atoms with Crippen molar-refractivity contribution in [2.75, 3.05) is 0 Å². The minimum absolute atomic E-state index is 0.0424. The molecule has 0 aliphatic rings. The van der Waals surface area contributed by atoms with Crippen LogP contribution in [0.25, 0.3) is 0 Å². The minimum Gasteiger partial charge on any atom is -0.467 e. The maximum Gasteiger partial charge on any atom is 0.125 e. The molecular formula is C17H19N3O. The number of aryl methyl sites for hydroxylation is 1. The Labute approximate surface area is 124 Å². The fourth-order valence-electron chi connectivity index (χ4n) is 2.41. The summed E-state index contributed by atoms with van der Waals surface area (Å²) < 4.78 is 7.48. The number of nitrogens with zero attached hydrogens (tertiary/aromatic N) is 2. The van der Waals surface area contributed by atoms with Gasteiger partial charge in [0.25, 0.3) is 0 Å². The highest BCUT2D eigenvalue weighted by Gasteiger charge is 2.16. The van der Waals surface area contributed by atoms with E-state index < -0.39 is 0 Å². The maximum atomic E-state index is 5.59. The summed E-state index contributed by atoms with van der Waals surface area (Å²) in [6.45, 7) is 2.83. The van der Waals surface area contributed by atoms with E-state index in [4.69, 9.17) is 4.42 Å². The molecular weight excluding hydrogens is 262 g/mol. The molecule has 0 spiro atoms. The lowest BCUT2D eigenvalue weighted by atomic mass is 10.0. The van der Waals surface area contributed by atoms with Crippen LogP contribution in [0.3, 0.4) is 0 Å². The molecule has 0 saturated heterocycles. The molecule has 2 heterocycles. The summed E-state index contributed by atoms with van der Waals surface area (Å²) in [5, 5.41) is 7.84. The highest BCUT2D eigenvalue weighted by molar-refractivity contribution is 5.27. The Balaban J connectivity index is 1.82. The van der Waals surface area contributed by atoms with Crippen LogP contribution in [0.5, 0.6) is 0 Å². The smallest absolute Gasteiger partial charge is 0.125 e. The molecule has 0 aliphatic carbocycles. The van der Waals surface area contributed by atoms with Gasteiger partial charge in [0.1, 0.15) is 5.76 Å². The lowest BCUT2D eigenvalue weighted by Gasteiger charge is -2.17. The molecule has 0 bridgehead atoms. The van der Waals surface area contributed by atoms with Gasteiger partial charge in [0.05, 0.1) is 18.5 Å². The van der Waals surface area contributed by atoms with Crippen molar-refractivity contribution in [2.24, 2.45) is 7.05 Å². The Hall–Kier alpha value is -2.33. The first-order chi connectivity index (χ1) is 10.3. The second kappa shape index (κ2) is 5.97. The molecule has 0 fully saturated rings. The van der Waals surface area contributed by atoms with Crippen molar-refractivity contribution in [1.82, 2.24) is 15.1 Å². The van der Waals surface area contributed by atoms with Gasteiger partial charge in [-0.25, -0.2) is 0 Å². The van der Waals surface area contributed by atoms with Gasteiger partial charge in [-0.15, -0.1) is 0 Å². The van der Waals surface area contributed by atoms with Crippen LogP contribution in [-0.4, -0.2) is 9.78 Å². The highest BCUT2D eigenvalue weighted by Crippen LogP contribution is 2.23. The quantitative estimate of drug-likeness (QED) is 0.781. The molecule has 0 amide bonds. The zero-order valence-electron chi connectivity index (χ0n) is 12.3. The zero-order chi connectivity index (χ0) is 14.7. The first-order valence-electron chi connectivity index (χ1n) is 7.05. The fraction of sp³-hybridized carbons (Fsp3) is 0.235. The number of hydrogen-bond acceptors (Lipinski definition) is 3. The van der Waals surface area contributed by atoms with E-state index in [-0.39, 0.29) is 6.04 Å². The Morgan fingerprint density at radius 2 is 2.00 bits per heavy atom. The van der Waals surface area contributed by atoms with Crippen molar-refractivity contribution in [1.29, 1.82) is 0 Å². The van der Waals surface area contributed by atoms with Gasteiger partial charge in [-0.2, -0.15) is 5.10 Å². The maximum absolute atomic E-state index is 5.59. The second-order valence-corrected chi connectivity index (χ2v) is 5.12. The van der Waals surface area contributed by atoms with Crippen molar-refractivity contribution in [3.63, 3.8) is 0 Å². The zero-order valence-corrected chi connectivity index (χ0v) is 12.3. The van der Waals surface area contributed by atoms with Crippen molar-refractivity contribution in [3.8, 4) is 0 Å². The molecule has 2 aromatic heterocycles. The standard InChI is InChI=1S/C17H19N3O/c1-13-15(12-19-20(13)2)11-18-17(16-9-6-10-21-16)14-7-4-3-5-8-14/h3-10,12,17-18H,11H2,1-2H3. The molecule has 0 radical (unpaired) electrons. The molecule has 3 rings (SSSR count). The summed E-state index contributed by atoms with van der Waals surface area (Å²) in [5.74, 6) is 0.919. The van der Waals surface area contributed by atoms with Crippen LogP contribution in [0.1, 0.15) is 28.6 Å². The SMILES string of the molecule is Cc1c(CNC(c2ccccc2)c2ccco2)cnn1C. The molecule has 0 aliphatic heterocycles. The third-order valence-corrected chi connectivity index (χ3v) is 3.79. The molecule has 21 heavy (non-hydrogen) atoms. The van der Waals surface area contributed by atoms with E-state index in [1.54, 1.807) is 6.26 Å². The average molecular weight is 281 g/mol. The van der Waals surface area contributed by atoms with Crippen molar-refractivity contribution in [3.05, 3.63) is 77.5 Å². The third-order valence-electron chi connectivity index (χ3n) is 3.79. The number of rotatable bonds is 5. The van der Waals surface area contributed by atoms with Crippen LogP contribution in [-0.2, 0) is 13.6 Å². The number of furan rings is 1. The van der Waals surface area contributed by atoms with Crippen LogP contribution < -0.4 is 5.32 Å². The predicted molar refractivity (Wildman–Crippen MR) is 81.8 cm³/mol. The summed E-state index contributed by atoms with van der Waals surface area (Å²) in [6.07, 6.45) is 3.62. The largest absolute Gasteiger partial charge is 0.467 e. The van der Waals surface area contributed by atoms with Gasteiger partial charge in [0, 0.05) is 24.8 Å². The Kier molecular flexibility index (Phi) is 3.88. The van der Waals surface area contributed by atoms with E-state index >= 15 is 0 Å². The summed E-state index contributed by atoms with van der Waals surface area (Å²) >= 11 is 0. The molecule has 1 atom stereocenters. The van der Waals surface area contributed by atoms with Crippen LogP contribution >= 0.6 is 0 Å². The average Bonchev–Trinajstić information content (AvgIpc) is 3.14. The lowest BCUT2D eigenvalue weighted by molar-refractivity contribution is 0.445. The highest BCUT2D eigenvalue weighted by atomic mass is 16.3. The monoisotopic (exact) mass is 281 g/mol. The first-order valence-corrected chi connectivity index (χ1v) is 7.05. The molecule has 108 valence electrons. The van der Waals surface area contributed by atoms with Crippen LogP contribution in [0, 0.1) is 6.92 Å². The molecule has 4 nitrogen and oxygen atoms in total. The van der Waals surface area contributed by atoms with Crippen LogP contribution in [0.15, 0.2) is 59.3 Å². The number of nitrogens with one attached hydrogen (secondary N) is 1. The van der Waals surface area contributed by atoms with E-state index in [2.05, 4.69) is 29.5 Å².